The summed E-state index contributed by atoms with van der Waals surface area (Å²) in [7, 11) is 5.35. The number of nitrogens with zero attached hydrogens (tertiary/aromatic N) is 2. The summed E-state index contributed by atoms with van der Waals surface area (Å²) in [4.78, 5) is 17.1. The van der Waals surface area contributed by atoms with Crippen molar-refractivity contribution in [1.82, 2.24) is 9.38 Å². The predicted molar refractivity (Wildman–Crippen MR) is 149 cm³/mol. The molecule has 1 unspecified atom stereocenters. The number of likely N-dealkylation sites (tertiary alicyclic amines) is 1. The second kappa shape index (κ2) is 10.9. The molecule has 1 aliphatic heterocycles. The van der Waals surface area contributed by atoms with Gasteiger partial charge in [0.05, 0.1) is 32.9 Å². The van der Waals surface area contributed by atoms with Crippen LogP contribution in [0.15, 0.2) is 48.5 Å². The van der Waals surface area contributed by atoms with Crippen molar-refractivity contribution in [2.75, 3.05) is 40.9 Å². The van der Waals surface area contributed by atoms with E-state index in [0.717, 1.165) is 30.4 Å². The molecular weight excluding hydrogens is 468 g/mol. The standard InChI is InChI=1S/C30H39N2O3S/c1-32(29-19-23-12-7-8-14-28(23)36-29,30(33)24-15-16-26(34-2)27(18-24)35-3)21-25-13-9-17-31(25)20-22-10-5-4-6-11-22/h7-8,12,14-16,18-19,22,25H,4-6,9-11,13,17,20-21H2,1-3H3/q+1/t25-,32?/m0/s1. The minimum Gasteiger partial charge on any atom is -0.493 e. The monoisotopic (exact) mass is 507 g/mol. The molecule has 36 heavy (non-hydrogen) atoms. The van der Waals surface area contributed by atoms with Crippen molar-refractivity contribution in [2.24, 2.45) is 5.92 Å². The lowest BCUT2D eigenvalue weighted by Gasteiger charge is -2.36. The smallest absolute Gasteiger partial charge is 0.351 e. The van der Waals surface area contributed by atoms with Gasteiger partial charge in [0.15, 0.2) is 16.5 Å². The molecule has 2 heterocycles. The lowest BCUT2D eigenvalue weighted by atomic mass is 9.89. The van der Waals surface area contributed by atoms with Gasteiger partial charge in [0.2, 0.25) is 0 Å². The van der Waals surface area contributed by atoms with E-state index in [0.29, 0.717) is 23.1 Å². The van der Waals surface area contributed by atoms with Crippen molar-refractivity contribution < 1.29 is 14.3 Å². The number of thiophene rings is 1. The van der Waals surface area contributed by atoms with Crippen LogP contribution < -0.4 is 14.0 Å². The fourth-order valence-electron chi connectivity index (χ4n) is 6.20. The zero-order valence-corrected chi connectivity index (χ0v) is 22.7. The molecule has 1 aliphatic carbocycles. The van der Waals surface area contributed by atoms with Crippen LogP contribution in [-0.2, 0) is 0 Å². The topological polar surface area (TPSA) is 38.8 Å². The number of amides is 1. The van der Waals surface area contributed by atoms with Crippen LogP contribution in [0.3, 0.4) is 0 Å². The third-order valence-electron chi connectivity index (χ3n) is 8.27. The fourth-order valence-corrected chi connectivity index (χ4v) is 7.36. The van der Waals surface area contributed by atoms with Crippen molar-refractivity contribution in [3.8, 4) is 11.5 Å². The molecule has 1 saturated heterocycles. The van der Waals surface area contributed by atoms with Crippen LogP contribution >= 0.6 is 11.3 Å². The number of methoxy groups -OCH3 is 2. The Hall–Kier alpha value is -2.41. The maximum absolute atomic E-state index is 14.4. The molecule has 3 aromatic rings. The summed E-state index contributed by atoms with van der Waals surface area (Å²) in [6.45, 7) is 3.12. The van der Waals surface area contributed by atoms with Gasteiger partial charge >= 0.3 is 5.91 Å². The Labute approximate surface area is 219 Å². The second-order valence-electron chi connectivity index (χ2n) is 10.7. The van der Waals surface area contributed by atoms with Crippen LogP contribution in [0.2, 0.25) is 0 Å². The summed E-state index contributed by atoms with van der Waals surface area (Å²) in [6.07, 6.45) is 9.22. The van der Waals surface area contributed by atoms with E-state index in [1.165, 1.54) is 55.2 Å². The molecule has 0 bridgehead atoms. The van der Waals surface area contributed by atoms with Crippen molar-refractivity contribution in [3.63, 3.8) is 0 Å². The lowest BCUT2D eigenvalue weighted by Crippen LogP contribution is -2.56. The molecule has 192 valence electrons. The summed E-state index contributed by atoms with van der Waals surface area (Å²) < 4.78 is 12.5. The highest BCUT2D eigenvalue weighted by Gasteiger charge is 2.42. The molecule has 0 spiro atoms. The molecule has 0 radical (unpaired) electrons. The van der Waals surface area contributed by atoms with E-state index < -0.39 is 0 Å². The zero-order valence-electron chi connectivity index (χ0n) is 21.9. The quantitative estimate of drug-likeness (QED) is 0.317. The maximum Gasteiger partial charge on any atom is 0.351 e. The van der Waals surface area contributed by atoms with Gasteiger partial charge in [-0.15, -0.1) is 0 Å². The fraction of sp³-hybridized carbons (Fsp3) is 0.500. The number of rotatable bonds is 8. The normalized spacial score (nSPS) is 20.9. The van der Waals surface area contributed by atoms with Crippen molar-refractivity contribution in [1.29, 1.82) is 0 Å². The van der Waals surface area contributed by atoms with Gasteiger partial charge in [0.25, 0.3) is 0 Å². The Bertz CT molecular complexity index is 1170. The molecule has 1 aromatic heterocycles. The van der Waals surface area contributed by atoms with Crippen molar-refractivity contribution in [3.05, 3.63) is 54.1 Å². The Kier molecular flexibility index (Phi) is 7.65. The SMILES string of the molecule is COc1ccc(C(=O)[N+](C)(C[C@@H]2CCCN2CC2CCCCC2)c2cc3ccccc3s2)cc1OC. The number of hydrogen-bond acceptors (Lipinski definition) is 5. The summed E-state index contributed by atoms with van der Waals surface area (Å²) >= 11 is 1.74. The van der Waals surface area contributed by atoms with Gasteiger partial charge in [0.1, 0.15) is 6.54 Å². The number of ether oxygens (including phenoxy) is 2. The third kappa shape index (κ3) is 5.04. The Morgan fingerprint density at radius 1 is 0.972 bits per heavy atom. The van der Waals surface area contributed by atoms with Crippen LogP contribution in [0.4, 0.5) is 5.00 Å². The Morgan fingerprint density at radius 3 is 2.50 bits per heavy atom. The van der Waals surface area contributed by atoms with Gasteiger partial charge in [-0.05, 0) is 61.7 Å². The van der Waals surface area contributed by atoms with E-state index in [9.17, 15) is 4.79 Å². The molecule has 1 saturated carbocycles. The van der Waals surface area contributed by atoms with Crippen LogP contribution in [0.5, 0.6) is 11.5 Å². The highest BCUT2D eigenvalue weighted by molar-refractivity contribution is 7.22. The first-order valence-electron chi connectivity index (χ1n) is 13.4. The first-order valence-corrected chi connectivity index (χ1v) is 14.2. The summed E-state index contributed by atoms with van der Waals surface area (Å²) in [5, 5.41) is 2.30. The molecule has 0 N–H and O–H groups in total. The molecular formula is C30H39N2O3S+. The summed E-state index contributed by atoms with van der Waals surface area (Å²) in [5.41, 5.74) is 0.657. The van der Waals surface area contributed by atoms with Crippen molar-refractivity contribution in [2.45, 2.75) is 51.0 Å². The van der Waals surface area contributed by atoms with E-state index in [-0.39, 0.29) is 10.4 Å². The van der Waals surface area contributed by atoms with Gasteiger partial charge in [-0.3, -0.25) is 4.90 Å². The molecule has 2 aliphatic rings. The average Bonchev–Trinajstić information content (AvgIpc) is 3.55. The number of likely N-dealkylation sites (N-methyl/N-ethyl adjacent to an activating group) is 1. The van der Waals surface area contributed by atoms with Gasteiger partial charge < -0.3 is 9.47 Å². The van der Waals surface area contributed by atoms with Gasteiger partial charge in [-0.1, -0.05) is 48.8 Å². The molecule has 5 rings (SSSR count). The van der Waals surface area contributed by atoms with Crippen LogP contribution in [-0.4, -0.2) is 57.8 Å². The van der Waals surface area contributed by atoms with Crippen LogP contribution in [0.25, 0.3) is 10.1 Å². The number of quaternary nitrogens is 1. The molecule has 5 nitrogen and oxygen atoms in total. The van der Waals surface area contributed by atoms with Crippen LogP contribution in [0.1, 0.15) is 55.3 Å². The highest BCUT2D eigenvalue weighted by Crippen LogP contribution is 2.39. The molecule has 2 fully saturated rings. The molecule has 1 amide bonds. The van der Waals surface area contributed by atoms with Gasteiger partial charge in [-0.2, -0.15) is 0 Å². The number of fused-ring (bicyclic) bond motifs is 1. The van der Waals surface area contributed by atoms with Crippen molar-refractivity contribution >= 4 is 32.3 Å². The minimum absolute atomic E-state index is 0.104. The minimum atomic E-state index is 0.104. The summed E-state index contributed by atoms with van der Waals surface area (Å²) in [5.74, 6) is 2.14. The Morgan fingerprint density at radius 2 is 1.75 bits per heavy atom. The molecule has 2 atom stereocenters. The predicted octanol–water partition coefficient (Wildman–Crippen LogP) is 6.74. The number of benzene rings is 2. The van der Waals surface area contributed by atoms with E-state index in [1.807, 2.05) is 18.2 Å². The molecule has 6 heteroatoms. The number of hydrogen-bond donors (Lipinski definition) is 0. The van der Waals surface area contributed by atoms with E-state index >= 15 is 0 Å². The largest absolute Gasteiger partial charge is 0.493 e. The van der Waals surface area contributed by atoms with E-state index in [4.69, 9.17) is 9.47 Å². The first-order chi connectivity index (χ1) is 17.5. The third-order valence-corrected chi connectivity index (χ3v) is 9.59. The number of carbonyl (C=O) groups excluding carboxylic acids is 1. The summed E-state index contributed by atoms with van der Waals surface area (Å²) in [6, 6.07) is 16.6. The first kappa shape index (κ1) is 25.2. The zero-order chi connectivity index (χ0) is 25.1. The van der Waals surface area contributed by atoms with E-state index in [1.54, 1.807) is 25.6 Å². The average molecular weight is 508 g/mol. The van der Waals surface area contributed by atoms with E-state index in [2.05, 4.69) is 42.3 Å². The molecule has 2 aromatic carbocycles. The maximum atomic E-state index is 14.4. The number of carbonyl (C=O) groups is 1. The van der Waals surface area contributed by atoms with Crippen LogP contribution in [0, 0.1) is 5.92 Å². The highest BCUT2D eigenvalue weighted by atomic mass is 32.1. The Balaban J connectivity index is 1.49. The van der Waals surface area contributed by atoms with Gasteiger partial charge in [-0.25, -0.2) is 9.28 Å². The lowest BCUT2D eigenvalue weighted by molar-refractivity contribution is 0.0752. The second-order valence-corrected chi connectivity index (χ2v) is 11.7. The van der Waals surface area contributed by atoms with Gasteiger partial charge in [0, 0.05) is 23.4 Å².